The molecule has 5 rings (SSSR count). The van der Waals surface area contributed by atoms with E-state index >= 15 is 0 Å². The fourth-order valence-electron chi connectivity index (χ4n) is 4.95. The molecule has 3 aromatic rings. The molecule has 210 valence electrons. The zero-order chi connectivity index (χ0) is 28.1. The van der Waals surface area contributed by atoms with Crippen LogP contribution in [0.1, 0.15) is 12.0 Å². The zero-order valence-corrected chi connectivity index (χ0v) is 23.0. The molecule has 2 fully saturated rings. The number of likely N-dealkylation sites (tertiary alicyclic amines) is 1. The minimum atomic E-state index is -4.08. The quantitative estimate of drug-likeness (QED) is 0.410. The number of morpholine rings is 1. The van der Waals surface area contributed by atoms with E-state index in [1.165, 1.54) is 13.2 Å². The first-order valence-corrected chi connectivity index (χ1v) is 14.6. The van der Waals surface area contributed by atoms with E-state index < -0.39 is 15.9 Å². The Morgan fingerprint density at radius 1 is 1.02 bits per heavy atom. The Balaban J connectivity index is 1.37. The van der Waals surface area contributed by atoms with Crippen LogP contribution in [0.4, 0.5) is 17.1 Å². The first kappa shape index (κ1) is 27.5. The Bertz CT molecular complexity index is 1470. The molecule has 2 aliphatic heterocycles. The third kappa shape index (κ3) is 6.21. The van der Waals surface area contributed by atoms with Crippen molar-refractivity contribution in [3.63, 3.8) is 0 Å². The molecule has 2 saturated heterocycles. The molecule has 1 atom stereocenters. The van der Waals surface area contributed by atoms with Crippen molar-refractivity contribution in [1.29, 1.82) is 0 Å². The second kappa shape index (κ2) is 12.0. The zero-order valence-electron chi connectivity index (χ0n) is 22.2. The normalized spacial score (nSPS) is 17.5. The van der Waals surface area contributed by atoms with Crippen LogP contribution in [0.5, 0.6) is 5.75 Å². The second-order valence-corrected chi connectivity index (χ2v) is 11.4. The molecule has 0 aromatic heterocycles. The number of ether oxygens (including phenoxy) is 2. The van der Waals surface area contributed by atoms with Gasteiger partial charge in [0, 0.05) is 38.3 Å². The first-order chi connectivity index (χ1) is 19.3. The van der Waals surface area contributed by atoms with Crippen LogP contribution in [0.25, 0.3) is 0 Å². The molecule has 2 amide bonds. The van der Waals surface area contributed by atoms with Crippen molar-refractivity contribution in [2.75, 3.05) is 54.9 Å². The lowest BCUT2D eigenvalue weighted by Gasteiger charge is -2.30. The summed E-state index contributed by atoms with van der Waals surface area (Å²) in [4.78, 5) is 29.4. The molecule has 0 spiro atoms. The molecule has 40 heavy (non-hydrogen) atoms. The van der Waals surface area contributed by atoms with Crippen molar-refractivity contribution in [1.82, 2.24) is 4.90 Å². The average Bonchev–Trinajstić information content (AvgIpc) is 3.34. The molecule has 0 radical (unpaired) electrons. The monoisotopic (exact) mass is 564 g/mol. The highest BCUT2D eigenvalue weighted by Gasteiger charge is 2.34. The number of para-hydroxylation sites is 2. The molecule has 2 heterocycles. The van der Waals surface area contributed by atoms with Crippen LogP contribution in [0.15, 0.2) is 77.7 Å². The molecular formula is C29H32N4O6S. The van der Waals surface area contributed by atoms with E-state index in [1.54, 1.807) is 41.3 Å². The van der Waals surface area contributed by atoms with E-state index in [-0.39, 0.29) is 23.1 Å². The maximum absolute atomic E-state index is 13.7. The van der Waals surface area contributed by atoms with Gasteiger partial charge in [-0.3, -0.25) is 14.3 Å². The maximum atomic E-state index is 13.7. The molecule has 3 aromatic carbocycles. The average molecular weight is 565 g/mol. The van der Waals surface area contributed by atoms with Crippen molar-refractivity contribution in [2.24, 2.45) is 5.92 Å². The van der Waals surface area contributed by atoms with Crippen molar-refractivity contribution >= 4 is 38.9 Å². The Labute approximate surface area is 233 Å². The summed E-state index contributed by atoms with van der Waals surface area (Å²) < 4.78 is 40.8. The van der Waals surface area contributed by atoms with Gasteiger partial charge in [-0.15, -0.1) is 0 Å². The maximum Gasteiger partial charge on any atom is 0.264 e. The summed E-state index contributed by atoms with van der Waals surface area (Å²) in [5.41, 5.74) is 2.13. The van der Waals surface area contributed by atoms with Crippen LogP contribution >= 0.6 is 0 Å². The van der Waals surface area contributed by atoms with Gasteiger partial charge < -0.3 is 24.6 Å². The third-order valence-corrected chi connectivity index (χ3v) is 8.42. The van der Waals surface area contributed by atoms with Crippen LogP contribution in [0, 0.1) is 5.92 Å². The molecule has 0 aliphatic carbocycles. The van der Waals surface area contributed by atoms with Gasteiger partial charge in [0.15, 0.2) is 0 Å². The lowest BCUT2D eigenvalue weighted by atomic mass is 10.1. The summed E-state index contributed by atoms with van der Waals surface area (Å²) >= 11 is 0. The summed E-state index contributed by atoms with van der Waals surface area (Å²) in [6.45, 7) is 2.76. The van der Waals surface area contributed by atoms with Crippen molar-refractivity contribution in [3.05, 3.63) is 78.4 Å². The van der Waals surface area contributed by atoms with Crippen LogP contribution in [-0.4, -0.2) is 65.1 Å². The fraction of sp³-hybridized carbons (Fsp3) is 0.310. The SMILES string of the molecule is COc1ccccc1NS(=O)(=O)c1cc(NC(=O)[C@@H]2CC(=O)N(Cc3ccccc3)C2)ccc1N1CCOCC1. The summed E-state index contributed by atoms with van der Waals surface area (Å²) in [5, 5.41) is 2.84. The van der Waals surface area contributed by atoms with Gasteiger partial charge in [0.2, 0.25) is 11.8 Å². The molecule has 10 nitrogen and oxygen atoms in total. The number of rotatable bonds is 9. The predicted octanol–water partition coefficient (Wildman–Crippen LogP) is 3.32. The highest BCUT2D eigenvalue weighted by molar-refractivity contribution is 7.93. The minimum Gasteiger partial charge on any atom is -0.495 e. The molecular weight excluding hydrogens is 532 g/mol. The molecule has 0 saturated carbocycles. The number of amides is 2. The second-order valence-electron chi connectivity index (χ2n) is 9.74. The fourth-order valence-corrected chi connectivity index (χ4v) is 6.27. The van der Waals surface area contributed by atoms with E-state index in [0.717, 1.165) is 5.56 Å². The molecule has 0 unspecified atom stereocenters. The van der Waals surface area contributed by atoms with E-state index in [4.69, 9.17) is 9.47 Å². The van der Waals surface area contributed by atoms with Gasteiger partial charge in [0.25, 0.3) is 10.0 Å². The number of hydrogen-bond acceptors (Lipinski definition) is 7. The number of sulfonamides is 1. The van der Waals surface area contributed by atoms with Crippen LogP contribution in [-0.2, 0) is 30.9 Å². The Morgan fingerprint density at radius 2 is 1.75 bits per heavy atom. The van der Waals surface area contributed by atoms with Gasteiger partial charge in [-0.05, 0) is 35.9 Å². The third-order valence-electron chi connectivity index (χ3n) is 7.02. The van der Waals surface area contributed by atoms with Gasteiger partial charge in [-0.1, -0.05) is 42.5 Å². The van der Waals surface area contributed by atoms with E-state index in [9.17, 15) is 18.0 Å². The topological polar surface area (TPSA) is 117 Å². The van der Waals surface area contributed by atoms with Gasteiger partial charge in [-0.25, -0.2) is 8.42 Å². The number of carbonyl (C=O) groups is 2. The smallest absolute Gasteiger partial charge is 0.264 e. The van der Waals surface area contributed by atoms with Crippen molar-refractivity contribution < 1.29 is 27.5 Å². The highest BCUT2D eigenvalue weighted by atomic mass is 32.2. The van der Waals surface area contributed by atoms with E-state index in [0.29, 0.717) is 62.2 Å². The van der Waals surface area contributed by atoms with E-state index in [2.05, 4.69) is 10.0 Å². The summed E-state index contributed by atoms with van der Waals surface area (Å²) in [5.74, 6) is -0.573. The summed E-state index contributed by atoms with van der Waals surface area (Å²) in [6, 6.07) is 21.2. The Kier molecular flexibility index (Phi) is 8.22. The number of benzene rings is 3. The van der Waals surface area contributed by atoms with Crippen molar-refractivity contribution in [2.45, 2.75) is 17.9 Å². The predicted molar refractivity (Wildman–Crippen MR) is 152 cm³/mol. The molecule has 0 bridgehead atoms. The van der Waals surface area contributed by atoms with Crippen molar-refractivity contribution in [3.8, 4) is 5.75 Å². The van der Waals surface area contributed by atoms with Gasteiger partial charge in [0.05, 0.1) is 37.6 Å². The highest BCUT2D eigenvalue weighted by Crippen LogP contribution is 2.33. The Hall–Kier alpha value is -4.09. The largest absolute Gasteiger partial charge is 0.495 e. The molecule has 2 aliphatic rings. The minimum absolute atomic E-state index is 0.0197. The van der Waals surface area contributed by atoms with Crippen LogP contribution in [0.2, 0.25) is 0 Å². The van der Waals surface area contributed by atoms with Gasteiger partial charge in [0.1, 0.15) is 10.6 Å². The van der Waals surface area contributed by atoms with Crippen LogP contribution < -0.4 is 19.7 Å². The number of hydrogen-bond donors (Lipinski definition) is 2. The number of anilines is 3. The summed E-state index contributed by atoms with van der Waals surface area (Å²) in [6.07, 6.45) is 0.102. The number of methoxy groups -OCH3 is 1. The lowest BCUT2D eigenvalue weighted by Crippen LogP contribution is -2.37. The number of nitrogens with one attached hydrogen (secondary N) is 2. The van der Waals surface area contributed by atoms with Gasteiger partial charge >= 0.3 is 0 Å². The van der Waals surface area contributed by atoms with Gasteiger partial charge in [-0.2, -0.15) is 0 Å². The standard InChI is InChI=1S/C29H32N4O6S/c1-38-26-10-6-5-9-24(26)31-40(36,37)27-18-23(11-12-25(27)32-13-15-39-16-14-32)30-29(35)22-17-28(34)33(20-22)19-21-7-3-2-4-8-21/h2-12,18,22,31H,13-17,19-20H2,1H3,(H,30,35)/t22-/m1/s1. The first-order valence-electron chi connectivity index (χ1n) is 13.1. The summed E-state index contributed by atoms with van der Waals surface area (Å²) in [7, 11) is -2.61. The lowest BCUT2D eigenvalue weighted by molar-refractivity contribution is -0.128. The molecule has 11 heteroatoms. The Morgan fingerprint density at radius 3 is 2.50 bits per heavy atom. The van der Waals surface area contributed by atoms with Crippen LogP contribution in [0.3, 0.4) is 0 Å². The molecule has 2 N–H and O–H groups in total. The van der Waals surface area contributed by atoms with E-state index in [1.807, 2.05) is 35.2 Å². The number of carbonyl (C=O) groups excluding carboxylic acids is 2. The number of nitrogens with zero attached hydrogens (tertiary/aromatic N) is 2.